The third-order valence-corrected chi connectivity index (χ3v) is 3.97. The van der Waals surface area contributed by atoms with Crippen LogP contribution in [0.3, 0.4) is 0 Å². The number of hydrogen-bond acceptors (Lipinski definition) is 4. The first-order valence-corrected chi connectivity index (χ1v) is 8.88. The van der Waals surface area contributed by atoms with Crippen molar-refractivity contribution in [1.29, 1.82) is 0 Å². The number of nitrogens with one attached hydrogen (secondary N) is 1. The molecule has 0 aromatic carbocycles. The first-order chi connectivity index (χ1) is 12.4. The maximum Gasteiger partial charge on any atom is 0.257 e. The van der Waals surface area contributed by atoms with Crippen molar-refractivity contribution in [1.82, 2.24) is 15.2 Å². The highest BCUT2D eigenvalue weighted by Crippen LogP contribution is 2.17. The van der Waals surface area contributed by atoms with Gasteiger partial charge in [0.2, 0.25) is 5.91 Å². The summed E-state index contributed by atoms with van der Waals surface area (Å²) in [5.74, 6) is 1.46. The molecular weight excluding hydrogens is 330 g/mol. The van der Waals surface area contributed by atoms with Gasteiger partial charge in [0, 0.05) is 38.4 Å². The maximum absolute atomic E-state index is 12.8. The summed E-state index contributed by atoms with van der Waals surface area (Å²) in [5, 5.41) is 2.87. The summed E-state index contributed by atoms with van der Waals surface area (Å²) in [6, 6.07) is 5.50. The fraction of sp³-hybridized carbons (Fsp3) is 0.450. The quantitative estimate of drug-likeness (QED) is 0.788. The second-order valence-corrected chi connectivity index (χ2v) is 6.86. The molecule has 6 nitrogen and oxygen atoms in total. The Morgan fingerprint density at radius 1 is 1.31 bits per heavy atom. The van der Waals surface area contributed by atoms with E-state index in [1.54, 1.807) is 30.3 Å². The second kappa shape index (κ2) is 9.17. The van der Waals surface area contributed by atoms with Gasteiger partial charge >= 0.3 is 0 Å². The molecule has 0 bridgehead atoms. The summed E-state index contributed by atoms with van der Waals surface area (Å²) in [5.41, 5.74) is 1.51. The number of carbonyl (C=O) groups excluding carboxylic acids is 2. The number of carbonyl (C=O) groups is 2. The van der Waals surface area contributed by atoms with Crippen molar-refractivity contribution in [3.8, 4) is 0 Å². The number of amides is 2. The highest BCUT2D eigenvalue weighted by atomic mass is 16.3. The van der Waals surface area contributed by atoms with Crippen LogP contribution in [-0.4, -0.2) is 34.8 Å². The van der Waals surface area contributed by atoms with Crippen molar-refractivity contribution < 1.29 is 14.0 Å². The standard InChI is InChI=1S/C20H27N3O3/c1-14(2)13-23(20(25)18-10-15(3)26-16(18)4)9-7-19(24)22-12-17-6-5-8-21-11-17/h5-6,8,10-11,14H,7,9,12-13H2,1-4H3,(H,22,24). The molecule has 0 aliphatic heterocycles. The SMILES string of the molecule is Cc1cc(C(=O)N(CCC(=O)NCc2cccnc2)CC(C)C)c(C)o1. The molecule has 1 N–H and O–H groups in total. The van der Waals surface area contributed by atoms with Crippen molar-refractivity contribution in [2.45, 2.75) is 40.7 Å². The molecular formula is C20H27N3O3. The third-order valence-electron chi connectivity index (χ3n) is 3.97. The van der Waals surface area contributed by atoms with E-state index in [1.807, 2.05) is 19.1 Å². The zero-order valence-corrected chi connectivity index (χ0v) is 15.9. The Hall–Kier alpha value is -2.63. The lowest BCUT2D eigenvalue weighted by Crippen LogP contribution is -2.37. The molecule has 0 atom stereocenters. The molecule has 0 aliphatic carbocycles. The molecule has 2 heterocycles. The molecule has 26 heavy (non-hydrogen) atoms. The smallest absolute Gasteiger partial charge is 0.257 e. The molecule has 0 fully saturated rings. The first-order valence-electron chi connectivity index (χ1n) is 8.88. The minimum absolute atomic E-state index is 0.0875. The van der Waals surface area contributed by atoms with E-state index >= 15 is 0 Å². The Bertz CT molecular complexity index is 738. The van der Waals surface area contributed by atoms with E-state index in [-0.39, 0.29) is 18.2 Å². The van der Waals surface area contributed by atoms with Crippen LogP contribution in [0.1, 0.15) is 47.7 Å². The van der Waals surface area contributed by atoms with Gasteiger partial charge in [-0.1, -0.05) is 19.9 Å². The van der Waals surface area contributed by atoms with Crippen LogP contribution in [-0.2, 0) is 11.3 Å². The van der Waals surface area contributed by atoms with Gasteiger partial charge in [0.05, 0.1) is 5.56 Å². The lowest BCUT2D eigenvalue weighted by atomic mass is 10.1. The van der Waals surface area contributed by atoms with E-state index in [2.05, 4.69) is 24.1 Å². The number of furan rings is 1. The highest BCUT2D eigenvalue weighted by molar-refractivity contribution is 5.95. The Morgan fingerprint density at radius 3 is 2.65 bits per heavy atom. The third kappa shape index (κ3) is 5.72. The molecule has 2 rings (SSSR count). The number of rotatable bonds is 8. The first kappa shape index (κ1) is 19.7. The molecule has 0 saturated heterocycles. The highest BCUT2D eigenvalue weighted by Gasteiger charge is 2.21. The van der Waals surface area contributed by atoms with E-state index in [1.165, 1.54) is 0 Å². The molecule has 2 aromatic rings. The van der Waals surface area contributed by atoms with Gasteiger partial charge in [-0.25, -0.2) is 0 Å². The van der Waals surface area contributed by atoms with Gasteiger partial charge in [0.1, 0.15) is 11.5 Å². The molecule has 0 radical (unpaired) electrons. The zero-order chi connectivity index (χ0) is 19.1. The van der Waals surface area contributed by atoms with E-state index in [9.17, 15) is 9.59 Å². The van der Waals surface area contributed by atoms with E-state index < -0.39 is 0 Å². The lowest BCUT2D eigenvalue weighted by molar-refractivity contribution is -0.121. The summed E-state index contributed by atoms with van der Waals surface area (Å²) in [6.07, 6.45) is 3.67. The largest absolute Gasteiger partial charge is 0.466 e. The van der Waals surface area contributed by atoms with Gasteiger partial charge < -0.3 is 14.6 Å². The summed E-state index contributed by atoms with van der Waals surface area (Å²) in [7, 11) is 0. The predicted molar refractivity (Wildman–Crippen MR) is 99.6 cm³/mol. The maximum atomic E-state index is 12.8. The molecule has 0 unspecified atom stereocenters. The van der Waals surface area contributed by atoms with E-state index in [4.69, 9.17) is 4.42 Å². The molecule has 6 heteroatoms. The van der Waals surface area contributed by atoms with E-state index in [0.717, 1.165) is 5.56 Å². The van der Waals surface area contributed by atoms with Crippen molar-refractivity contribution in [2.24, 2.45) is 5.92 Å². The van der Waals surface area contributed by atoms with Crippen LogP contribution in [0.2, 0.25) is 0 Å². The van der Waals surface area contributed by atoms with Gasteiger partial charge in [-0.2, -0.15) is 0 Å². The van der Waals surface area contributed by atoms with Crippen molar-refractivity contribution >= 4 is 11.8 Å². The van der Waals surface area contributed by atoms with E-state index in [0.29, 0.717) is 42.6 Å². The summed E-state index contributed by atoms with van der Waals surface area (Å²) in [6.45, 7) is 9.12. The minimum Gasteiger partial charge on any atom is -0.466 e. The average molecular weight is 357 g/mol. The van der Waals surface area contributed by atoms with Crippen LogP contribution in [0.4, 0.5) is 0 Å². The van der Waals surface area contributed by atoms with Crippen molar-refractivity contribution in [3.63, 3.8) is 0 Å². The summed E-state index contributed by atoms with van der Waals surface area (Å²) in [4.78, 5) is 30.7. The summed E-state index contributed by atoms with van der Waals surface area (Å²) >= 11 is 0. The Labute approximate surface area is 154 Å². The molecule has 0 spiro atoms. The topological polar surface area (TPSA) is 75.4 Å². The van der Waals surface area contributed by atoms with Gasteiger partial charge in [-0.3, -0.25) is 14.6 Å². The fourth-order valence-electron chi connectivity index (χ4n) is 2.76. The van der Waals surface area contributed by atoms with Crippen LogP contribution in [0.5, 0.6) is 0 Å². The minimum atomic E-state index is -0.0897. The van der Waals surface area contributed by atoms with Crippen LogP contribution in [0.15, 0.2) is 35.0 Å². The van der Waals surface area contributed by atoms with Crippen LogP contribution in [0, 0.1) is 19.8 Å². The Balaban J connectivity index is 1.93. The van der Waals surface area contributed by atoms with Crippen LogP contribution in [0.25, 0.3) is 0 Å². The van der Waals surface area contributed by atoms with Gasteiger partial charge in [-0.15, -0.1) is 0 Å². The monoisotopic (exact) mass is 357 g/mol. The number of aryl methyl sites for hydroxylation is 2. The number of nitrogens with zero attached hydrogens (tertiary/aromatic N) is 2. The molecule has 0 saturated carbocycles. The molecule has 2 amide bonds. The van der Waals surface area contributed by atoms with Crippen LogP contribution >= 0.6 is 0 Å². The number of aromatic nitrogens is 1. The normalized spacial score (nSPS) is 10.8. The van der Waals surface area contributed by atoms with Gasteiger partial charge in [0.15, 0.2) is 0 Å². The molecule has 2 aromatic heterocycles. The predicted octanol–water partition coefficient (Wildman–Crippen LogP) is 3.10. The molecule has 0 aliphatic rings. The molecule has 140 valence electrons. The summed E-state index contributed by atoms with van der Waals surface area (Å²) < 4.78 is 5.47. The average Bonchev–Trinajstić information content (AvgIpc) is 2.95. The van der Waals surface area contributed by atoms with Crippen LogP contribution < -0.4 is 5.32 Å². The Kier molecular flexibility index (Phi) is 6.95. The number of hydrogen-bond donors (Lipinski definition) is 1. The second-order valence-electron chi connectivity index (χ2n) is 6.86. The number of pyridine rings is 1. The fourth-order valence-corrected chi connectivity index (χ4v) is 2.76. The lowest BCUT2D eigenvalue weighted by Gasteiger charge is -2.24. The van der Waals surface area contributed by atoms with Crippen molar-refractivity contribution in [3.05, 3.63) is 53.2 Å². The van der Waals surface area contributed by atoms with Gasteiger partial charge in [0.25, 0.3) is 5.91 Å². The van der Waals surface area contributed by atoms with Gasteiger partial charge in [-0.05, 0) is 37.5 Å². The van der Waals surface area contributed by atoms with Crippen molar-refractivity contribution in [2.75, 3.05) is 13.1 Å². The zero-order valence-electron chi connectivity index (χ0n) is 15.9. The Morgan fingerprint density at radius 2 is 2.08 bits per heavy atom.